The zero-order chi connectivity index (χ0) is 11.6. The third kappa shape index (κ3) is 2.82. The maximum atomic E-state index is 6.21. The standard InChI is InChI=1S/C13H18ClN/c1-6-15-12-10(13(3,4)5)7-9(2)8-11(12)14/h6-8H,1-5H3. The van der Waals surface area contributed by atoms with Gasteiger partial charge in [0.25, 0.3) is 0 Å². The molecule has 0 bridgehead atoms. The van der Waals surface area contributed by atoms with E-state index >= 15 is 0 Å². The van der Waals surface area contributed by atoms with E-state index in [0.717, 1.165) is 10.7 Å². The van der Waals surface area contributed by atoms with Gasteiger partial charge in [0.05, 0.1) is 10.7 Å². The first-order chi connectivity index (χ1) is 6.86. The van der Waals surface area contributed by atoms with E-state index in [1.54, 1.807) is 6.21 Å². The first-order valence-electron chi connectivity index (χ1n) is 5.15. The number of hydrogen-bond donors (Lipinski definition) is 0. The van der Waals surface area contributed by atoms with Crippen LogP contribution in [-0.4, -0.2) is 6.21 Å². The summed E-state index contributed by atoms with van der Waals surface area (Å²) < 4.78 is 0. The van der Waals surface area contributed by atoms with Gasteiger partial charge in [-0.1, -0.05) is 38.4 Å². The molecular weight excluding hydrogens is 206 g/mol. The minimum Gasteiger partial charge on any atom is -0.260 e. The molecule has 1 aromatic rings. The molecule has 0 aliphatic carbocycles. The van der Waals surface area contributed by atoms with Crippen LogP contribution >= 0.6 is 11.6 Å². The lowest BCUT2D eigenvalue weighted by Crippen LogP contribution is -2.11. The molecule has 0 amide bonds. The Labute approximate surface area is 97.2 Å². The number of aryl methyl sites for hydroxylation is 1. The van der Waals surface area contributed by atoms with Gasteiger partial charge in [-0.25, -0.2) is 0 Å². The van der Waals surface area contributed by atoms with Gasteiger partial charge in [0.15, 0.2) is 0 Å². The van der Waals surface area contributed by atoms with Crippen molar-refractivity contribution in [3.63, 3.8) is 0 Å². The Morgan fingerprint density at radius 3 is 2.33 bits per heavy atom. The highest BCUT2D eigenvalue weighted by Gasteiger charge is 2.19. The van der Waals surface area contributed by atoms with Gasteiger partial charge in [-0.3, -0.25) is 4.99 Å². The fourth-order valence-corrected chi connectivity index (χ4v) is 1.89. The minimum atomic E-state index is 0.0670. The molecule has 0 radical (unpaired) electrons. The van der Waals surface area contributed by atoms with E-state index in [-0.39, 0.29) is 5.41 Å². The summed E-state index contributed by atoms with van der Waals surface area (Å²) in [6, 6.07) is 4.12. The Balaban J connectivity index is 3.47. The smallest absolute Gasteiger partial charge is 0.0849 e. The molecule has 1 aromatic carbocycles. The van der Waals surface area contributed by atoms with Crippen LogP contribution in [0.5, 0.6) is 0 Å². The van der Waals surface area contributed by atoms with Gasteiger partial charge < -0.3 is 0 Å². The number of benzene rings is 1. The fourth-order valence-electron chi connectivity index (χ4n) is 1.57. The topological polar surface area (TPSA) is 12.4 Å². The zero-order valence-electron chi connectivity index (χ0n) is 10.1. The first-order valence-corrected chi connectivity index (χ1v) is 5.53. The van der Waals surface area contributed by atoms with Crippen molar-refractivity contribution in [3.8, 4) is 0 Å². The van der Waals surface area contributed by atoms with Gasteiger partial charge in [-0.15, -0.1) is 0 Å². The summed E-state index contributed by atoms with van der Waals surface area (Å²) in [6.07, 6.45) is 1.78. The quantitative estimate of drug-likeness (QED) is 0.614. The molecule has 15 heavy (non-hydrogen) atoms. The second kappa shape index (κ2) is 4.36. The molecule has 0 heterocycles. The summed E-state index contributed by atoms with van der Waals surface area (Å²) >= 11 is 6.21. The molecule has 0 saturated heterocycles. The van der Waals surface area contributed by atoms with Gasteiger partial charge in [-0.2, -0.15) is 0 Å². The molecule has 0 fully saturated rings. The maximum absolute atomic E-state index is 6.21. The van der Waals surface area contributed by atoms with Crippen LogP contribution in [0.25, 0.3) is 0 Å². The molecule has 0 atom stereocenters. The van der Waals surface area contributed by atoms with Gasteiger partial charge >= 0.3 is 0 Å². The van der Waals surface area contributed by atoms with Crippen LogP contribution in [-0.2, 0) is 5.41 Å². The summed E-state index contributed by atoms with van der Waals surface area (Å²) in [5, 5.41) is 0.734. The fraction of sp³-hybridized carbons (Fsp3) is 0.462. The highest BCUT2D eigenvalue weighted by molar-refractivity contribution is 6.33. The van der Waals surface area contributed by atoms with Crippen molar-refractivity contribution >= 4 is 23.5 Å². The molecule has 2 heteroatoms. The lowest BCUT2D eigenvalue weighted by Gasteiger charge is -2.22. The van der Waals surface area contributed by atoms with Crippen LogP contribution in [0.1, 0.15) is 38.8 Å². The normalized spacial score (nSPS) is 12.4. The molecular formula is C13H18ClN. The van der Waals surface area contributed by atoms with Crippen molar-refractivity contribution in [3.05, 3.63) is 28.3 Å². The van der Waals surface area contributed by atoms with Crippen LogP contribution < -0.4 is 0 Å². The predicted octanol–water partition coefficient (Wildman–Crippen LogP) is 4.67. The van der Waals surface area contributed by atoms with Crippen LogP contribution in [0.4, 0.5) is 5.69 Å². The van der Waals surface area contributed by atoms with Gasteiger partial charge in [-0.05, 0) is 36.5 Å². The molecule has 0 unspecified atom stereocenters. The van der Waals surface area contributed by atoms with E-state index < -0.39 is 0 Å². The third-order valence-electron chi connectivity index (χ3n) is 2.27. The van der Waals surface area contributed by atoms with E-state index in [1.807, 2.05) is 13.0 Å². The van der Waals surface area contributed by atoms with Crippen LogP contribution in [0, 0.1) is 6.92 Å². The molecule has 82 valence electrons. The second-order valence-corrected chi connectivity index (χ2v) is 5.19. The summed E-state index contributed by atoms with van der Waals surface area (Å²) in [6.45, 7) is 10.5. The number of halogens is 1. The summed E-state index contributed by atoms with van der Waals surface area (Å²) in [5.41, 5.74) is 3.35. The van der Waals surface area contributed by atoms with Crippen molar-refractivity contribution in [2.45, 2.75) is 40.0 Å². The van der Waals surface area contributed by atoms with E-state index in [1.165, 1.54) is 11.1 Å². The summed E-state index contributed by atoms with van der Waals surface area (Å²) in [4.78, 5) is 4.36. The van der Waals surface area contributed by atoms with Gasteiger partial charge in [0, 0.05) is 6.21 Å². The van der Waals surface area contributed by atoms with E-state index in [9.17, 15) is 0 Å². The molecule has 0 spiro atoms. The third-order valence-corrected chi connectivity index (χ3v) is 2.56. The molecule has 0 aliphatic heterocycles. The summed E-state index contributed by atoms with van der Waals surface area (Å²) in [7, 11) is 0. The lowest BCUT2D eigenvalue weighted by atomic mass is 9.85. The Bertz CT molecular complexity index is 386. The van der Waals surface area contributed by atoms with Gasteiger partial charge in [0.2, 0.25) is 0 Å². The largest absolute Gasteiger partial charge is 0.260 e. The lowest BCUT2D eigenvalue weighted by molar-refractivity contribution is 0.591. The Kier molecular flexibility index (Phi) is 3.56. The van der Waals surface area contributed by atoms with Crippen LogP contribution in [0.2, 0.25) is 5.02 Å². The average molecular weight is 224 g/mol. The van der Waals surface area contributed by atoms with Gasteiger partial charge in [0.1, 0.15) is 0 Å². The van der Waals surface area contributed by atoms with E-state index in [4.69, 9.17) is 11.6 Å². The highest BCUT2D eigenvalue weighted by atomic mass is 35.5. The maximum Gasteiger partial charge on any atom is 0.0849 e. The zero-order valence-corrected chi connectivity index (χ0v) is 10.8. The van der Waals surface area contributed by atoms with Crippen molar-refractivity contribution in [2.24, 2.45) is 4.99 Å². The van der Waals surface area contributed by atoms with E-state index in [2.05, 4.69) is 38.8 Å². The molecule has 0 aliphatic rings. The second-order valence-electron chi connectivity index (χ2n) is 4.78. The minimum absolute atomic E-state index is 0.0670. The number of nitrogens with zero attached hydrogens (tertiary/aromatic N) is 1. The summed E-state index contributed by atoms with van der Waals surface area (Å²) in [5.74, 6) is 0. The average Bonchev–Trinajstić information content (AvgIpc) is 2.07. The molecule has 1 nitrogen and oxygen atoms in total. The Morgan fingerprint density at radius 1 is 1.27 bits per heavy atom. The van der Waals surface area contributed by atoms with Crippen LogP contribution in [0.3, 0.4) is 0 Å². The monoisotopic (exact) mass is 223 g/mol. The Hall–Kier alpha value is -0.820. The number of rotatable bonds is 1. The first kappa shape index (κ1) is 12.3. The molecule has 0 aromatic heterocycles. The molecule has 0 N–H and O–H groups in total. The van der Waals surface area contributed by atoms with Crippen molar-refractivity contribution in [1.29, 1.82) is 0 Å². The number of aliphatic imine (C=N–C) groups is 1. The Morgan fingerprint density at radius 2 is 1.87 bits per heavy atom. The molecule has 1 rings (SSSR count). The van der Waals surface area contributed by atoms with E-state index in [0.29, 0.717) is 0 Å². The van der Waals surface area contributed by atoms with Crippen molar-refractivity contribution < 1.29 is 0 Å². The van der Waals surface area contributed by atoms with Crippen molar-refractivity contribution in [2.75, 3.05) is 0 Å². The predicted molar refractivity (Wildman–Crippen MR) is 68.7 cm³/mol. The highest BCUT2D eigenvalue weighted by Crippen LogP contribution is 2.37. The van der Waals surface area contributed by atoms with Crippen LogP contribution in [0.15, 0.2) is 17.1 Å². The SMILES string of the molecule is CC=Nc1c(Cl)cc(C)cc1C(C)(C)C. The number of hydrogen-bond acceptors (Lipinski definition) is 1. The molecule has 0 saturated carbocycles. The van der Waals surface area contributed by atoms with Crippen molar-refractivity contribution in [1.82, 2.24) is 0 Å².